The summed E-state index contributed by atoms with van der Waals surface area (Å²) in [5.74, 6) is 0. The van der Waals surface area contributed by atoms with Crippen LogP contribution in [-0.2, 0) is 13.0 Å². The molecule has 3 aromatic rings. The molecule has 0 spiro atoms. The molecular formula is C17H17N3OS2. The quantitative estimate of drug-likeness (QED) is 0.724. The van der Waals surface area contributed by atoms with E-state index in [2.05, 4.69) is 16.8 Å². The van der Waals surface area contributed by atoms with Crippen LogP contribution in [0.2, 0.25) is 0 Å². The average molecular weight is 343 g/mol. The van der Waals surface area contributed by atoms with Gasteiger partial charge in [-0.2, -0.15) is 0 Å². The zero-order valence-electron chi connectivity index (χ0n) is 12.8. The van der Waals surface area contributed by atoms with Gasteiger partial charge >= 0.3 is 0 Å². The van der Waals surface area contributed by atoms with Gasteiger partial charge in [-0.05, 0) is 42.9 Å². The number of fused-ring (bicyclic) bond motifs is 3. The topological polar surface area (TPSA) is 41.0 Å². The minimum Gasteiger partial charge on any atom is -0.323 e. The Morgan fingerprint density at radius 2 is 2.09 bits per heavy atom. The lowest BCUT2D eigenvalue weighted by molar-refractivity contribution is 0.272. The highest BCUT2D eigenvalue weighted by Gasteiger charge is 2.23. The van der Waals surface area contributed by atoms with Crippen molar-refractivity contribution in [2.75, 3.05) is 13.1 Å². The van der Waals surface area contributed by atoms with E-state index >= 15 is 0 Å². The summed E-state index contributed by atoms with van der Waals surface area (Å²) in [4.78, 5) is 21.0. The van der Waals surface area contributed by atoms with Gasteiger partial charge in [-0.3, -0.25) is 14.3 Å². The van der Waals surface area contributed by atoms with Crippen molar-refractivity contribution < 1.29 is 0 Å². The van der Waals surface area contributed by atoms with E-state index in [4.69, 9.17) is 12.2 Å². The molecule has 0 radical (unpaired) electrons. The normalized spacial score (nSPS) is 15.0. The highest BCUT2D eigenvalue weighted by Crippen LogP contribution is 2.32. The maximum atomic E-state index is 13.1. The van der Waals surface area contributed by atoms with Gasteiger partial charge in [0.05, 0.1) is 11.1 Å². The third-order valence-corrected chi connectivity index (χ3v) is 5.85. The molecule has 1 N–H and O–H groups in total. The van der Waals surface area contributed by atoms with Gasteiger partial charge in [0, 0.05) is 18.0 Å². The minimum atomic E-state index is -0.00241. The van der Waals surface area contributed by atoms with Crippen molar-refractivity contribution in [3.63, 3.8) is 0 Å². The molecule has 1 aliphatic rings. The van der Waals surface area contributed by atoms with Crippen molar-refractivity contribution >= 4 is 33.8 Å². The SMILES string of the molecule is CCN1CCc2c(sc3[nH]c(=S)n(-c4ccccc4)c(=O)c23)C1. The van der Waals surface area contributed by atoms with Gasteiger partial charge in [0.15, 0.2) is 4.77 Å². The highest BCUT2D eigenvalue weighted by atomic mass is 32.1. The van der Waals surface area contributed by atoms with Gasteiger partial charge in [0.2, 0.25) is 0 Å². The molecule has 3 heterocycles. The Morgan fingerprint density at radius 1 is 1.30 bits per heavy atom. The smallest absolute Gasteiger partial charge is 0.267 e. The molecular weight excluding hydrogens is 326 g/mol. The third-order valence-electron chi connectivity index (χ3n) is 4.44. The molecule has 2 aromatic heterocycles. The van der Waals surface area contributed by atoms with Crippen LogP contribution >= 0.6 is 23.6 Å². The third kappa shape index (κ3) is 2.38. The van der Waals surface area contributed by atoms with Crippen molar-refractivity contribution in [1.29, 1.82) is 0 Å². The summed E-state index contributed by atoms with van der Waals surface area (Å²) >= 11 is 7.11. The lowest BCUT2D eigenvalue weighted by atomic mass is 10.1. The number of nitrogens with zero attached hydrogens (tertiary/aromatic N) is 2. The molecule has 1 aliphatic heterocycles. The van der Waals surface area contributed by atoms with Crippen LogP contribution in [0.15, 0.2) is 35.1 Å². The molecule has 118 valence electrons. The number of rotatable bonds is 2. The number of benzene rings is 1. The first-order chi connectivity index (χ1) is 11.2. The number of aromatic nitrogens is 2. The van der Waals surface area contributed by atoms with Crippen LogP contribution in [0.3, 0.4) is 0 Å². The fraction of sp³-hybridized carbons (Fsp3) is 0.294. The zero-order valence-corrected chi connectivity index (χ0v) is 14.5. The van der Waals surface area contributed by atoms with E-state index in [1.165, 1.54) is 10.4 Å². The average Bonchev–Trinajstić information content (AvgIpc) is 2.92. The molecule has 0 fully saturated rings. The van der Waals surface area contributed by atoms with Crippen molar-refractivity contribution in [2.45, 2.75) is 19.9 Å². The predicted molar refractivity (Wildman–Crippen MR) is 97.3 cm³/mol. The van der Waals surface area contributed by atoms with Gasteiger partial charge in [-0.1, -0.05) is 25.1 Å². The predicted octanol–water partition coefficient (Wildman–Crippen LogP) is 3.49. The Kier molecular flexibility index (Phi) is 3.67. The van der Waals surface area contributed by atoms with E-state index in [-0.39, 0.29) is 5.56 Å². The zero-order chi connectivity index (χ0) is 16.0. The first-order valence-corrected chi connectivity index (χ1v) is 8.99. The Labute approximate surface area is 143 Å². The number of aromatic amines is 1. The molecule has 0 saturated heterocycles. The summed E-state index contributed by atoms with van der Waals surface area (Å²) in [6, 6.07) is 9.60. The molecule has 4 rings (SSSR count). The lowest BCUT2D eigenvalue weighted by Gasteiger charge is -2.24. The van der Waals surface area contributed by atoms with E-state index < -0.39 is 0 Å². The van der Waals surface area contributed by atoms with Crippen LogP contribution in [0.5, 0.6) is 0 Å². The maximum Gasteiger partial charge on any atom is 0.267 e. The van der Waals surface area contributed by atoms with Crippen molar-refractivity contribution in [3.8, 4) is 5.69 Å². The maximum absolute atomic E-state index is 13.1. The van der Waals surface area contributed by atoms with Crippen LogP contribution in [0, 0.1) is 4.77 Å². The Morgan fingerprint density at radius 3 is 2.83 bits per heavy atom. The fourth-order valence-corrected chi connectivity index (χ4v) is 4.85. The number of thiophene rings is 1. The van der Waals surface area contributed by atoms with Crippen LogP contribution < -0.4 is 5.56 Å². The van der Waals surface area contributed by atoms with E-state index in [0.717, 1.165) is 42.0 Å². The summed E-state index contributed by atoms with van der Waals surface area (Å²) in [7, 11) is 0. The molecule has 0 atom stereocenters. The van der Waals surface area contributed by atoms with Gasteiger partial charge in [-0.25, -0.2) is 0 Å². The van der Waals surface area contributed by atoms with Gasteiger partial charge < -0.3 is 4.98 Å². The number of hydrogen-bond donors (Lipinski definition) is 1. The van der Waals surface area contributed by atoms with E-state index in [9.17, 15) is 4.79 Å². The van der Waals surface area contributed by atoms with Crippen LogP contribution in [-0.4, -0.2) is 27.5 Å². The summed E-state index contributed by atoms with van der Waals surface area (Å²) in [6.07, 6.45) is 0.928. The van der Waals surface area contributed by atoms with E-state index in [0.29, 0.717) is 4.77 Å². The second-order valence-corrected chi connectivity index (χ2v) is 7.22. The molecule has 0 bridgehead atoms. The molecule has 0 saturated carbocycles. The van der Waals surface area contributed by atoms with Crippen molar-refractivity contribution in [1.82, 2.24) is 14.5 Å². The van der Waals surface area contributed by atoms with Crippen molar-refractivity contribution in [3.05, 3.63) is 55.9 Å². The number of hydrogen-bond acceptors (Lipinski definition) is 4. The number of para-hydroxylation sites is 1. The summed E-state index contributed by atoms with van der Waals surface area (Å²) in [5.41, 5.74) is 2.01. The first kappa shape index (κ1) is 14.8. The molecule has 23 heavy (non-hydrogen) atoms. The van der Waals surface area contributed by atoms with Gasteiger partial charge in [0.25, 0.3) is 5.56 Å². The molecule has 0 aliphatic carbocycles. The molecule has 1 aromatic carbocycles. The summed E-state index contributed by atoms with van der Waals surface area (Å²) < 4.78 is 2.07. The van der Waals surface area contributed by atoms with Crippen molar-refractivity contribution in [2.24, 2.45) is 0 Å². The number of nitrogens with one attached hydrogen (secondary N) is 1. The number of likely N-dealkylation sites (N-methyl/N-ethyl adjacent to an activating group) is 1. The fourth-order valence-electron chi connectivity index (χ4n) is 3.21. The molecule has 0 amide bonds. The second kappa shape index (κ2) is 5.70. The monoisotopic (exact) mass is 343 g/mol. The van der Waals surface area contributed by atoms with E-state index in [1.807, 2.05) is 30.3 Å². The number of H-pyrrole nitrogens is 1. The van der Waals surface area contributed by atoms with Crippen LogP contribution in [0.4, 0.5) is 0 Å². The summed E-state index contributed by atoms with van der Waals surface area (Å²) in [5, 5.41) is 0.818. The Balaban J connectivity index is 1.99. The lowest BCUT2D eigenvalue weighted by Crippen LogP contribution is -2.30. The first-order valence-electron chi connectivity index (χ1n) is 7.76. The molecule has 6 heteroatoms. The van der Waals surface area contributed by atoms with Crippen LogP contribution in [0.1, 0.15) is 17.4 Å². The second-order valence-electron chi connectivity index (χ2n) is 5.73. The Bertz CT molecular complexity index is 985. The standard InChI is InChI=1S/C17H17N3OS2/c1-2-19-9-8-12-13(10-19)23-15-14(12)16(21)20(17(22)18-15)11-6-4-3-5-7-11/h3-7H,2,8-10H2,1H3,(H,18,22). The minimum absolute atomic E-state index is 0.00241. The molecule has 0 unspecified atom stereocenters. The van der Waals surface area contributed by atoms with E-state index in [1.54, 1.807) is 15.9 Å². The van der Waals surface area contributed by atoms with Crippen LogP contribution in [0.25, 0.3) is 15.9 Å². The van der Waals surface area contributed by atoms with Gasteiger partial charge in [-0.15, -0.1) is 11.3 Å². The summed E-state index contributed by atoms with van der Waals surface area (Å²) in [6.45, 7) is 5.15. The highest BCUT2D eigenvalue weighted by molar-refractivity contribution is 7.71. The van der Waals surface area contributed by atoms with Gasteiger partial charge in [0.1, 0.15) is 4.83 Å². The Hall–Kier alpha value is -1.76. The largest absolute Gasteiger partial charge is 0.323 e. The molecule has 4 nitrogen and oxygen atoms in total.